The fourth-order valence-corrected chi connectivity index (χ4v) is 3.24. The maximum atomic E-state index is 13.1. The third-order valence-corrected chi connectivity index (χ3v) is 4.34. The highest BCUT2D eigenvalue weighted by molar-refractivity contribution is 6.09. The molecule has 0 aromatic heterocycles. The highest BCUT2D eigenvalue weighted by atomic mass is 19.4. The van der Waals surface area contributed by atoms with Crippen LogP contribution in [-0.2, 0) is 12.8 Å². The average molecular weight is 333 g/mol. The molecule has 0 saturated carbocycles. The van der Waals surface area contributed by atoms with Gasteiger partial charge in [0.25, 0.3) is 0 Å². The van der Waals surface area contributed by atoms with Gasteiger partial charge in [0.15, 0.2) is 0 Å². The second-order valence-corrected chi connectivity index (χ2v) is 5.72. The fourth-order valence-electron chi connectivity index (χ4n) is 3.24. The Hall–Kier alpha value is -2.70. The molecule has 2 aliphatic heterocycles. The van der Waals surface area contributed by atoms with Crippen molar-refractivity contribution >= 4 is 17.1 Å². The number of fused-ring (bicyclic) bond motifs is 2. The molecule has 4 rings (SSSR count). The van der Waals surface area contributed by atoms with Crippen molar-refractivity contribution in [2.75, 3.05) is 11.4 Å². The Balaban J connectivity index is 1.94. The summed E-state index contributed by atoms with van der Waals surface area (Å²) in [6, 6.07) is 8.87. The Kier molecular flexibility index (Phi) is 3.19. The van der Waals surface area contributed by atoms with Gasteiger partial charge in [0.2, 0.25) is 0 Å². The molecule has 0 bridgehead atoms. The van der Waals surface area contributed by atoms with Gasteiger partial charge >= 0.3 is 6.18 Å². The number of hydrogen-bond donors (Lipinski definition) is 0. The first-order valence-electron chi connectivity index (χ1n) is 7.42. The first kappa shape index (κ1) is 14.9. The molecule has 4 nitrogen and oxygen atoms in total. The molecule has 24 heavy (non-hydrogen) atoms. The molecule has 7 heteroatoms. The summed E-state index contributed by atoms with van der Waals surface area (Å²) >= 11 is 0. The molecule has 0 spiro atoms. The first-order valence-corrected chi connectivity index (χ1v) is 7.42. The van der Waals surface area contributed by atoms with Crippen LogP contribution in [0.25, 0.3) is 0 Å². The van der Waals surface area contributed by atoms with Crippen molar-refractivity contribution in [2.24, 2.45) is 5.16 Å². The van der Waals surface area contributed by atoms with Gasteiger partial charge in [-0.3, -0.25) is 0 Å². The van der Waals surface area contributed by atoms with E-state index in [9.17, 15) is 18.4 Å². The zero-order valence-corrected chi connectivity index (χ0v) is 12.4. The van der Waals surface area contributed by atoms with E-state index in [4.69, 9.17) is 4.74 Å². The molecule has 0 radical (unpaired) electrons. The predicted molar refractivity (Wildman–Crippen MR) is 83.7 cm³/mol. The number of rotatable bonds is 0. The van der Waals surface area contributed by atoms with Gasteiger partial charge in [-0.05, 0) is 18.2 Å². The number of para-hydroxylation sites is 1. The van der Waals surface area contributed by atoms with Gasteiger partial charge in [-0.15, -0.1) is 0 Å². The molecule has 0 saturated heterocycles. The number of alkyl halides is 3. The van der Waals surface area contributed by atoms with Crippen molar-refractivity contribution in [3.05, 3.63) is 58.3 Å². The van der Waals surface area contributed by atoms with E-state index < -0.39 is 11.7 Å². The molecular formula is C17H12F3N2O2-. The summed E-state index contributed by atoms with van der Waals surface area (Å²) in [5.74, 6) is 0.396. The molecule has 2 aromatic carbocycles. The monoisotopic (exact) mass is 333 g/mol. The largest absolute Gasteiger partial charge is 0.792 e. The van der Waals surface area contributed by atoms with Crippen LogP contribution in [0.3, 0.4) is 0 Å². The maximum absolute atomic E-state index is 13.1. The van der Waals surface area contributed by atoms with Crippen LogP contribution >= 0.6 is 0 Å². The van der Waals surface area contributed by atoms with E-state index in [0.717, 1.165) is 17.7 Å². The van der Waals surface area contributed by atoms with Crippen LogP contribution in [0.2, 0.25) is 0 Å². The number of ether oxygens (including phenoxy) is 1. The van der Waals surface area contributed by atoms with Gasteiger partial charge in [-0.1, -0.05) is 18.2 Å². The lowest BCUT2D eigenvalue weighted by Gasteiger charge is -2.33. The zero-order chi connectivity index (χ0) is 16.9. The van der Waals surface area contributed by atoms with E-state index in [1.165, 1.54) is 6.07 Å². The second kappa shape index (κ2) is 5.15. The lowest BCUT2D eigenvalue weighted by molar-refractivity contribution is -0.137. The second-order valence-electron chi connectivity index (χ2n) is 5.72. The van der Waals surface area contributed by atoms with Crippen LogP contribution in [0.4, 0.5) is 24.5 Å². The normalized spacial score (nSPS) is 17.8. The van der Waals surface area contributed by atoms with Crippen molar-refractivity contribution in [3.8, 4) is 5.75 Å². The molecular weight excluding hydrogens is 321 g/mol. The number of anilines is 2. The lowest BCUT2D eigenvalue weighted by atomic mass is 9.95. The van der Waals surface area contributed by atoms with Crippen molar-refractivity contribution in [1.29, 1.82) is 0 Å². The zero-order valence-electron chi connectivity index (χ0n) is 12.4. The number of nitrogens with zero attached hydrogens (tertiary/aromatic N) is 2. The quantitative estimate of drug-likeness (QED) is 0.670. The summed E-state index contributed by atoms with van der Waals surface area (Å²) in [5, 5.41) is 14.2. The average Bonchev–Trinajstić information content (AvgIpc) is 2.73. The molecule has 0 fully saturated rings. The summed E-state index contributed by atoms with van der Waals surface area (Å²) in [7, 11) is 0. The van der Waals surface area contributed by atoms with E-state index in [0.29, 0.717) is 41.4 Å². The van der Waals surface area contributed by atoms with E-state index in [1.807, 2.05) is 6.07 Å². The van der Waals surface area contributed by atoms with E-state index in [1.54, 1.807) is 17.0 Å². The molecule has 2 heterocycles. The topological polar surface area (TPSA) is 47.9 Å². The van der Waals surface area contributed by atoms with Crippen molar-refractivity contribution < 1.29 is 17.9 Å². The minimum Gasteiger partial charge on any atom is -0.792 e. The fraction of sp³-hybridized carbons (Fsp3) is 0.235. The Morgan fingerprint density at radius 3 is 2.75 bits per heavy atom. The maximum Gasteiger partial charge on any atom is 0.416 e. The van der Waals surface area contributed by atoms with E-state index >= 15 is 0 Å². The standard InChI is InChI=1S/C17H13F3N2O2/c18-17(19,20)11-4-5-15-14(8-11)22-7-6-13(21-23)12-3-1-2-10(9-24-15)16(12)22/h1-5,8,23H,6-7,9H2/p-1/b21-13-. The van der Waals surface area contributed by atoms with Gasteiger partial charge < -0.3 is 20.0 Å². The van der Waals surface area contributed by atoms with E-state index in [-0.39, 0.29) is 6.61 Å². The summed E-state index contributed by atoms with van der Waals surface area (Å²) in [5.41, 5.74) is 2.23. The van der Waals surface area contributed by atoms with Gasteiger partial charge in [0.05, 0.1) is 16.9 Å². The molecule has 0 unspecified atom stereocenters. The van der Waals surface area contributed by atoms with Crippen LogP contribution < -0.4 is 9.64 Å². The SMILES string of the molecule is [O-]/N=C1/CCN2c3cc(C(F)(F)F)ccc3OCc3cccc1c32. The summed E-state index contributed by atoms with van der Waals surface area (Å²) in [4.78, 5) is 1.79. The molecule has 2 aliphatic rings. The highest BCUT2D eigenvalue weighted by Gasteiger charge is 2.34. The molecule has 124 valence electrons. The Morgan fingerprint density at radius 2 is 2.00 bits per heavy atom. The van der Waals surface area contributed by atoms with Crippen molar-refractivity contribution in [2.45, 2.75) is 19.2 Å². The van der Waals surface area contributed by atoms with Gasteiger partial charge in [0, 0.05) is 29.8 Å². The minimum atomic E-state index is -4.43. The number of benzene rings is 2. The highest BCUT2D eigenvalue weighted by Crippen LogP contribution is 2.45. The molecule has 0 aliphatic carbocycles. The summed E-state index contributed by atoms with van der Waals surface area (Å²) in [6.45, 7) is 0.604. The van der Waals surface area contributed by atoms with Crippen LogP contribution in [-0.4, -0.2) is 12.3 Å². The number of halogens is 3. The van der Waals surface area contributed by atoms with Crippen molar-refractivity contribution in [1.82, 2.24) is 0 Å². The summed E-state index contributed by atoms with van der Waals surface area (Å²) in [6.07, 6.45) is -4.06. The lowest BCUT2D eigenvalue weighted by Crippen LogP contribution is -2.29. The Bertz CT molecular complexity index is 846. The van der Waals surface area contributed by atoms with Gasteiger partial charge in [-0.2, -0.15) is 13.2 Å². The van der Waals surface area contributed by atoms with Crippen LogP contribution in [0.5, 0.6) is 5.75 Å². The van der Waals surface area contributed by atoms with Crippen LogP contribution in [0.1, 0.15) is 23.1 Å². The third-order valence-electron chi connectivity index (χ3n) is 4.34. The smallest absolute Gasteiger partial charge is 0.416 e. The van der Waals surface area contributed by atoms with Crippen molar-refractivity contribution in [3.63, 3.8) is 0 Å². The molecule has 2 aromatic rings. The first-order chi connectivity index (χ1) is 11.5. The Morgan fingerprint density at radius 1 is 1.17 bits per heavy atom. The molecule has 0 amide bonds. The Labute approximate surface area is 135 Å². The van der Waals surface area contributed by atoms with Crippen LogP contribution in [0.15, 0.2) is 41.6 Å². The van der Waals surface area contributed by atoms with Gasteiger partial charge in [0.1, 0.15) is 12.4 Å². The molecule has 0 atom stereocenters. The van der Waals surface area contributed by atoms with Crippen LogP contribution in [0, 0.1) is 5.21 Å². The summed E-state index contributed by atoms with van der Waals surface area (Å²) < 4.78 is 44.9. The predicted octanol–water partition coefficient (Wildman–Crippen LogP) is 4.43. The van der Waals surface area contributed by atoms with E-state index in [2.05, 4.69) is 5.16 Å². The third kappa shape index (κ3) is 2.19. The van der Waals surface area contributed by atoms with Gasteiger partial charge in [-0.25, -0.2) is 0 Å². The number of hydrogen-bond acceptors (Lipinski definition) is 4. The minimum absolute atomic E-state index is 0.226. The molecule has 0 N–H and O–H groups in total.